The van der Waals surface area contributed by atoms with Crippen molar-refractivity contribution < 1.29 is 31.2 Å². The third kappa shape index (κ3) is 6.60. The number of halogens is 4. The SMILES string of the molecule is CCCNC(=O)c1ccccc1NC(=O)CN(c1cc(C(F)(F)F)ccc1Cl)S(C)(=O)=O. The molecule has 7 nitrogen and oxygen atoms in total. The van der Waals surface area contributed by atoms with E-state index in [9.17, 15) is 31.2 Å². The van der Waals surface area contributed by atoms with E-state index < -0.39 is 45.8 Å². The maximum absolute atomic E-state index is 13.1. The summed E-state index contributed by atoms with van der Waals surface area (Å²) in [5.41, 5.74) is -1.34. The molecule has 0 spiro atoms. The first-order valence-electron chi connectivity index (χ1n) is 9.36. The number of anilines is 2. The fourth-order valence-electron chi connectivity index (χ4n) is 2.71. The summed E-state index contributed by atoms with van der Waals surface area (Å²) in [5.74, 6) is -1.32. The van der Waals surface area contributed by atoms with Crippen LogP contribution in [0.1, 0.15) is 29.3 Å². The van der Waals surface area contributed by atoms with E-state index in [1.807, 2.05) is 6.92 Å². The van der Waals surface area contributed by atoms with Crippen molar-refractivity contribution in [3.8, 4) is 0 Å². The lowest BCUT2D eigenvalue weighted by Gasteiger charge is -2.24. The molecule has 0 aromatic heterocycles. The van der Waals surface area contributed by atoms with E-state index in [4.69, 9.17) is 11.6 Å². The molecule has 0 atom stereocenters. The lowest BCUT2D eigenvalue weighted by molar-refractivity contribution is -0.137. The summed E-state index contributed by atoms with van der Waals surface area (Å²) in [6.07, 6.45) is -3.31. The van der Waals surface area contributed by atoms with Crippen LogP contribution >= 0.6 is 11.6 Å². The molecule has 0 aliphatic rings. The number of hydrogen-bond acceptors (Lipinski definition) is 4. The molecule has 32 heavy (non-hydrogen) atoms. The second kappa shape index (κ2) is 10.2. The van der Waals surface area contributed by atoms with Gasteiger partial charge in [-0.05, 0) is 36.8 Å². The predicted octanol–water partition coefficient (Wildman–Crippen LogP) is 3.90. The van der Waals surface area contributed by atoms with Gasteiger partial charge in [0.1, 0.15) is 6.54 Å². The molecule has 0 saturated heterocycles. The minimum absolute atomic E-state index is 0.120. The standard InChI is InChI=1S/C20H21ClF3N3O4S/c1-3-10-25-19(29)14-6-4-5-7-16(14)26-18(28)12-27(32(2,30)31)17-11-13(20(22,23)24)8-9-15(17)21/h4-9,11H,3,10,12H2,1-2H3,(H,25,29)(H,26,28). The molecule has 2 N–H and O–H groups in total. The molecule has 12 heteroatoms. The molecular weight excluding hydrogens is 471 g/mol. The Morgan fingerprint density at radius 2 is 1.78 bits per heavy atom. The highest BCUT2D eigenvalue weighted by atomic mass is 35.5. The lowest BCUT2D eigenvalue weighted by Crippen LogP contribution is -2.38. The van der Waals surface area contributed by atoms with Gasteiger partial charge in [0.05, 0.1) is 33.8 Å². The van der Waals surface area contributed by atoms with Crippen molar-refractivity contribution in [3.63, 3.8) is 0 Å². The first-order valence-corrected chi connectivity index (χ1v) is 11.6. The molecule has 174 valence electrons. The molecule has 2 aromatic rings. The summed E-state index contributed by atoms with van der Waals surface area (Å²) in [4.78, 5) is 24.9. The van der Waals surface area contributed by atoms with E-state index in [1.165, 1.54) is 12.1 Å². The number of hydrogen-bond donors (Lipinski definition) is 2. The number of amides is 2. The molecule has 0 aliphatic heterocycles. The Hall–Kier alpha value is -2.79. The molecule has 0 heterocycles. The minimum atomic E-state index is -4.74. The molecule has 2 amide bonds. The van der Waals surface area contributed by atoms with Gasteiger partial charge < -0.3 is 10.6 Å². The van der Waals surface area contributed by atoms with Gasteiger partial charge in [-0.25, -0.2) is 8.42 Å². The van der Waals surface area contributed by atoms with Crippen molar-refractivity contribution in [2.24, 2.45) is 0 Å². The van der Waals surface area contributed by atoms with Crippen LogP contribution in [0, 0.1) is 0 Å². The van der Waals surface area contributed by atoms with Crippen LogP contribution in [-0.2, 0) is 21.0 Å². The van der Waals surface area contributed by atoms with Crippen LogP contribution in [0.2, 0.25) is 5.02 Å². The van der Waals surface area contributed by atoms with Crippen LogP contribution < -0.4 is 14.9 Å². The number of carbonyl (C=O) groups excluding carboxylic acids is 2. The maximum atomic E-state index is 13.1. The zero-order valence-electron chi connectivity index (χ0n) is 17.2. The van der Waals surface area contributed by atoms with E-state index in [0.29, 0.717) is 29.4 Å². The summed E-state index contributed by atoms with van der Waals surface area (Å²) in [6.45, 7) is 1.43. The van der Waals surface area contributed by atoms with Crippen molar-refractivity contribution in [3.05, 3.63) is 58.6 Å². The Balaban J connectivity index is 2.34. The van der Waals surface area contributed by atoms with E-state index in [1.54, 1.807) is 12.1 Å². The van der Waals surface area contributed by atoms with Gasteiger partial charge in [-0.1, -0.05) is 30.7 Å². The fraction of sp³-hybridized carbons (Fsp3) is 0.300. The molecule has 0 bridgehead atoms. The van der Waals surface area contributed by atoms with Crippen LogP contribution in [-0.4, -0.2) is 39.6 Å². The van der Waals surface area contributed by atoms with Crippen LogP contribution in [0.15, 0.2) is 42.5 Å². The quantitative estimate of drug-likeness (QED) is 0.585. The fourth-order valence-corrected chi connectivity index (χ4v) is 3.84. The number of alkyl halides is 3. The topological polar surface area (TPSA) is 95.6 Å². The molecule has 0 saturated carbocycles. The first-order chi connectivity index (χ1) is 14.8. The summed E-state index contributed by atoms with van der Waals surface area (Å²) < 4.78 is 64.3. The summed E-state index contributed by atoms with van der Waals surface area (Å²) in [7, 11) is -4.19. The molecule has 0 aliphatic carbocycles. The van der Waals surface area contributed by atoms with Crippen molar-refractivity contribution in [1.82, 2.24) is 5.32 Å². The highest BCUT2D eigenvalue weighted by Crippen LogP contribution is 2.36. The lowest BCUT2D eigenvalue weighted by atomic mass is 10.1. The molecular formula is C20H21ClF3N3O4S. The second-order valence-corrected chi connectivity index (χ2v) is 9.10. The molecule has 2 rings (SSSR count). The highest BCUT2D eigenvalue weighted by Gasteiger charge is 2.33. The predicted molar refractivity (Wildman–Crippen MR) is 116 cm³/mol. The van der Waals surface area contributed by atoms with Gasteiger partial charge in [-0.15, -0.1) is 0 Å². The number of para-hydroxylation sites is 1. The molecule has 0 unspecified atom stereocenters. The minimum Gasteiger partial charge on any atom is -0.352 e. The smallest absolute Gasteiger partial charge is 0.352 e. The Labute approximate surface area is 188 Å². The largest absolute Gasteiger partial charge is 0.416 e. The summed E-state index contributed by atoms with van der Waals surface area (Å²) in [5, 5.41) is 4.81. The van der Waals surface area contributed by atoms with Crippen LogP contribution in [0.25, 0.3) is 0 Å². The van der Waals surface area contributed by atoms with E-state index in [-0.39, 0.29) is 16.3 Å². The van der Waals surface area contributed by atoms with Crippen molar-refractivity contribution in [1.29, 1.82) is 0 Å². The maximum Gasteiger partial charge on any atom is 0.416 e. The Morgan fingerprint density at radius 1 is 1.12 bits per heavy atom. The monoisotopic (exact) mass is 491 g/mol. The Kier molecular flexibility index (Phi) is 8.13. The van der Waals surface area contributed by atoms with Crippen molar-refractivity contribution >= 4 is 44.8 Å². The summed E-state index contributed by atoms with van der Waals surface area (Å²) >= 11 is 5.95. The van der Waals surface area contributed by atoms with Gasteiger partial charge in [-0.2, -0.15) is 13.2 Å². The normalized spacial score (nSPS) is 11.7. The average molecular weight is 492 g/mol. The molecule has 0 fully saturated rings. The molecule has 0 radical (unpaired) electrons. The van der Waals surface area contributed by atoms with Crippen LogP contribution in [0.5, 0.6) is 0 Å². The van der Waals surface area contributed by atoms with E-state index in [0.717, 1.165) is 12.3 Å². The average Bonchev–Trinajstić information content (AvgIpc) is 2.69. The van der Waals surface area contributed by atoms with Gasteiger partial charge in [0.15, 0.2) is 0 Å². The van der Waals surface area contributed by atoms with E-state index in [2.05, 4.69) is 10.6 Å². The van der Waals surface area contributed by atoms with Gasteiger partial charge in [0.25, 0.3) is 5.91 Å². The highest BCUT2D eigenvalue weighted by molar-refractivity contribution is 7.92. The number of sulfonamides is 1. The third-order valence-corrected chi connectivity index (χ3v) is 5.66. The number of benzene rings is 2. The van der Waals surface area contributed by atoms with Crippen molar-refractivity contribution in [2.45, 2.75) is 19.5 Å². The van der Waals surface area contributed by atoms with Gasteiger partial charge in [-0.3, -0.25) is 13.9 Å². The van der Waals surface area contributed by atoms with Crippen LogP contribution in [0.4, 0.5) is 24.5 Å². The zero-order chi connectivity index (χ0) is 24.1. The number of nitrogens with zero attached hydrogens (tertiary/aromatic N) is 1. The second-order valence-electron chi connectivity index (χ2n) is 6.78. The first kappa shape index (κ1) is 25.5. The number of nitrogens with one attached hydrogen (secondary N) is 2. The van der Waals surface area contributed by atoms with Crippen LogP contribution in [0.3, 0.4) is 0 Å². The van der Waals surface area contributed by atoms with E-state index >= 15 is 0 Å². The third-order valence-electron chi connectivity index (χ3n) is 4.21. The summed E-state index contributed by atoms with van der Waals surface area (Å²) in [6, 6.07) is 8.23. The Morgan fingerprint density at radius 3 is 2.38 bits per heavy atom. The molecule has 2 aromatic carbocycles. The Bertz CT molecular complexity index is 1110. The van der Waals surface area contributed by atoms with Gasteiger partial charge >= 0.3 is 6.18 Å². The van der Waals surface area contributed by atoms with Gasteiger partial charge in [0, 0.05) is 6.54 Å². The zero-order valence-corrected chi connectivity index (χ0v) is 18.7. The number of carbonyl (C=O) groups is 2. The van der Waals surface area contributed by atoms with Crippen molar-refractivity contribution in [2.75, 3.05) is 29.0 Å². The van der Waals surface area contributed by atoms with Gasteiger partial charge in [0.2, 0.25) is 15.9 Å². The number of rotatable bonds is 8.